The van der Waals surface area contributed by atoms with Crippen molar-refractivity contribution in [1.82, 2.24) is 0 Å². The zero-order chi connectivity index (χ0) is 27.7. The fourth-order valence-corrected chi connectivity index (χ4v) is 4.55. The molecule has 4 N–H and O–H groups in total. The number of anilines is 4. The van der Waals surface area contributed by atoms with Crippen LogP contribution in [-0.2, 0) is 19.2 Å². The minimum atomic E-state index is -0.141. The molecule has 0 unspecified atom stereocenters. The average Bonchev–Trinajstić information content (AvgIpc) is 2.85. The first-order valence-electron chi connectivity index (χ1n) is 13.5. The fourth-order valence-electron chi connectivity index (χ4n) is 4.55. The van der Waals surface area contributed by atoms with Crippen molar-refractivity contribution in [2.75, 3.05) is 21.3 Å². The van der Waals surface area contributed by atoms with Crippen molar-refractivity contribution in [1.29, 1.82) is 0 Å². The highest BCUT2D eigenvalue weighted by Gasteiger charge is 2.30. The SMILES string of the molecule is CC(C)CC(=O)Nc1ccc(NC(=O)C2CCC(C(=O)Nc3ccc(NC(=O)CC(C)C)cc3)CC2)cc1. The van der Waals surface area contributed by atoms with Gasteiger partial charge in [-0.2, -0.15) is 0 Å². The molecule has 2 aromatic carbocycles. The van der Waals surface area contributed by atoms with Gasteiger partial charge in [0.2, 0.25) is 23.6 Å². The van der Waals surface area contributed by atoms with Crippen molar-refractivity contribution in [3.63, 3.8) is 0 Å². The summed E-state index contributed by atoms with van der Waals surface area (Å²) in [6.45, 7) is 7.98. The lowest BCUT2D eigenvalue weighted by atomic mass is 9.81. The van der Waals surface area contributed by atoms with Crippen LogP contribution in [-0.4, -0.2) is 23.6 Å². The standard InChI is InChI=1S/C30H40N4O4/c1-19(2)17-27(35)31-23-9-13-25(14-10-23)33-29(37)21-5-7-22(8-6-21)30(38)34-26-15-11-24(12-16-26)32-28(36)18-20(3)4/h9-16,19-22H,5-8,17-18H2,1-4H3,(H,31,35)(H,32,36)(H,33,37)(H,34,38). The summed E-state index contributed by atoms with van der Waals surface area (Å²) in [4.78, 5) is 49.4. The predicted octanol–water partition coefficient (Wildman–Crippen LogP) is 6.04. The largest absolute Gasteiger partial charge is 0.326 e. The summed E-state index contributed by atoms with van der Waals surface area (Å²) in [6.07, 6.45) is 3.51. The molecule has 0 bridgehead atoms. The Kier molecular flexibility index (Phi) is 10.4. The molecule has 0 spiro atoms. The quantitative estimate of drug-likeness (QED) is 0.306. The molecule has 3 rings (SSSR count). The molecule has 1 aliphatic rings. The first-order chi connectivity index (χ1) is 18.1. The van der Waals surface area contributed by atoms with Gasteiger partial charge in [-0.3, -0.25) is 19.2 Å². The number of hydrogen-bond donors (Lipinski definition) is 4. The molecule has 4 amide bonds. The van der Waals surface area contributed by atoms with Gasteiger partial charge >= 0.3 is 0 Å². The van der Waals surface area contributed by atoms with Crippen LogP contribution in [0.25, 0.3) is 0 Å². The van der Waals surface area contributed by atoms with E-state index in [1.807, 2.05) is 27.7 Å². The van der Waals surface area contributed by atoms with Gasteiger partial charge in [0.05, 0.1) is 0 Å². The Morgan fingerprint density at radius 3 is 1.08 bits per heavy atom. The minimum absolute atomic E-state index is 0.0276. The Balaban J connectivity index is 1.42. The molecule has 8 nitrogen and oxygen atoms in total. The number of carbonyl (C=O) groups excluding carboxylic acids is 4. The van der Waals surface area contributed by atoms with E-state index in [2.05, 4.69) is 21.3 Å². The smallest absolute Gasteiger partial charge is 0.227 e. The van der Waals surface area contributed by atoms with Gasteiger partial charge in [-0.05, 0) is 86.1 Å². The number of hydrogen-bond acceptors (Lipinski definition) is 4. The molecule has 1 aliphatic carbocycles. The van der Waals surface area contributed by atoms with Gasteiger partial charge in [0.1, 0.15) is 0 Å². The molecule has 0 radical (unpaired) electrons. The molecule has 38 heavy (non-hydrogen) atoms. The molecule has 8 heteroatoms. The Hall–Kier alpha value is -3.68. The highest BCUT2D eigenvalue weighted by molar-refractivity contribution is 5.96. The highest BCUT2D eigenvalue weighted by atomic mass is 16.2. The Morgan fingerprint density at radius 1 is 0.553 bits per heavy atom. The van der Waals surface area contributed by atoms with E-state index < -0.39 is 0 Å². The molecule has 0 aliphatic heterocycles. The lowest BCUT2D eigenvalue weighted by Gasteiger charge is -2.27. The summed E-state index contributed by atoms with van der Waals surface area (Å²) in [6, 6.07) is 14.2. The molecule has 1 saturated carbocycles. The van der Waals surface area contributed by atoms with Crippen LogP contribution in [0.4, 0.5) is 22.7 Å². The molecule has 0 heterocycles. The van der Waals surface area contributed by atoms with Gasteiger partial charge in [0.15, 0.2) is 0 Å². The van der Waals surface area contributed by atoms with Gasteiger partial charge in [-0.15, -0.1) is 0 Å². The van der Waals surface area contributed by atoms with Crippen LogP contribution in [0.15, 0.2) is 48.5 Å². The van der Waals surface area contributed by atoms with Crippen LogP contribution < -0.4 is 21.3 Å². The molecule has 2 aromatic rings. The van der Waals surface area contributed by atoms with Crippen LogP contribution in [0, 0.1) is 23.7 Å². The summed E-state index contributed by atoms with van der Waals surface area (Å²) in [5.41, 5.74) is 2.76. The van der Waals surface area contributed by atoms with Crippen LogP contribution in [0.1, 0.15) is 66.2 Å². The second-order valence-electron chi connectivity index (χ2n) is 11.0. The van der Waals surface area contributed by atoms with E-state index in [9.17, 15) is 19.2 Å². The van der Waals surface area contributed by atoms with Gasteiger partial charge in [0, 0.05) is 47.4 Å². The third kappa shape index (κ3) is 9.32. The zero-order valence-corrected chi connectivity index (χ0v) is 22.8. The molecule has 0 aromatic heterocycles. The van der Waals surface area contributed by atoms with Crippen LogP contribution in [0.3, 0.4) is 0 Å². The summed E-state index contributed by atoms with van der Waals surface area (Å²) in [5, 5.41) is 11.6. The van der Waals surface area contributed by atoms with E-state index in [1.165, 1.54) is 0 Å². The van der Waals surface area contributed by atoms with Crippen molar-refractivity contribution in [3.05, 3.63) is 48.5 Å². The van der Waals surface area contributed by atoms with Crippen LogP contribution in [0.5, 0.6) is 0 Å². The van der Waals surface area contributed by atoms with E-state index in [0.29, 0.717) is 61.3 Å². The van der Waals surface area contributed by atoms with E-state index >= 15 is 0 Å². The topological polar surface area (TPSA) is 116 Å². The third-order valence-electron chi connectivity index (χ3n) is 6.53. The van der Waals surface area contributed by atoms with Crippen molar-refractivity contribution in [2.45, 2.75) is 66.2 Å². The number of benzene rings is 2. The first kappa shape index (κ1) is 28.9. The van der Waals surface area contributed by atoms with E-state index in [-0.39, 0.29) is 47.3 Å². The lowest BCUT2D eigenvalue weighted by molar-refractivity contribution is -0.125. The first-order valence-corrected chi connectivity index (χ1v) is 13.5. The number of rotatable bonds is 10. The second kappa shape index (κ2) is 13.7. The van der Waals surface area contributed by atoms with E-state index in [1.54, 1.807) is 48.5 Å². The maximum atomic E-state index is 12.8. The van der Waals surface area contributed by atoms with Crippen molar-refractivity contribution in [3.8, 4) is 0 Å². The average molecular weight is 521 g/mol. The van der Waals surface area contributed by atoms with Gasteiger partial charge in [-0.1, -0.05) is 27.7 Å². The van der Waals surface area contributed by atoms with Crippen molar-refractivity contribution >= 4 is 46.4 Å². The number of amides is 4. The Morgan fingerprint density at radius 2 is 0.816 bits per heavy atom. The zero-order valence-electron chi connectivity index (χ0n) is 22.8. The van der Waals surface area contributed by atoms with Crippen molar-refractivity contribution < 1.29 is 19.2 Å². The van der Waals surface area contributed by atoms with Gasteiger partial charge < -0.3 is 21.3 Å². The van der Waals surface area contributed by atoms with Gasteiger partial charge in [-0.25, -0.2) is 0 Å². The highest BCUT2D eigenvalue weighted by Crippen LogP contribution is 2.31. The Labute approximate surface area is 225 Å². The lowest BCUT2D eigenvalue weighted by Crippen LogP contribution is -2.32. The maximum absolute atomic E-state index is 12.8. The van der Waals surface area contributed by atoms with Crippen LogP contribution in [0.2, 0.25) is 0 Å². The number of nitrogens with one attached hydrogen (secondary N) is 4. The van der Waals surface area contributed by atoms with E-state index in [0.717, 1.165) is 0 Å². The molecule has 0 atom stereocenters. The normalized spacial score (nSPS) is 17.1. The van der Waals surface area contributed by atoms with Gasteiger partial charge in [0.25, 0.3) is 0 Å². The minimum Gasteiger partial charge on any atom is -0.326 e. The fraction of sp³-hybridized carbons (Fsp3) is 0.467. The third-order valence-corrected chi connectivity index (χ3v) is 6.53. The number of carbonyl (C=O) groups is 4. The summed E-state index contributed by atoms with van der Waals surface area (Å²) in [5.74, 6) is 0.148. The monoisotopic (exact) mass is 520 g/mol. The molecular weight excluding hydrogens is 480 g/mol. The predicted molar refractivity (Wildman–Crippen MR) is 152 cm³/mol. The van der Waals surface area contributed by atoms with E-state index in [4.69, 9.17) is 0 Å². The van der Waals surface area contributed by atoms with Crippen LogP contribution >= 0.6 is 0 Å². The summed E-state index contributed by atoms with van der Waals surface area (Å²) in [7, 11) is 0. The molecule has 204 valence electrons. The second-order valence-corrected chi connectivity index (χ2v) is 11.0. The molecule has 0 saturated heterocycles. The maximum Gasteiger partial charge on any atom is 0.227 e. The Bertz CT molecular complexity index is 1010. The van der Waals surface area contributed by atoms with Crippen molar-refractivity contribution in [2.24, 2.45) is 23.7 Å². The molecule has 1 fully saturated rings. The summed E-state index contributed by atoms with van der Waals surface area (Å²) >= 11 is 0. The summed E-state index contributed by atoms with van der Waals surface area (Å²) < 4.78 is 0. The molecular formula is C30H40N4O4.